The lowest BCUT2D eigenvalue weighted by Gasteiger charge is -2.35. The minimum Gasteiger partial charge on any atom is -0.384 e. The van der Waals surface area contributed by atoms with Crippen molar-refractivity contribution in [1.82, 2.24) is 15.5 Å². The Hall–Kier alpha value is -1.63. The van der Waals surface area contributed by atoms with E-state index in [1.54, 1.807) is 19.1 Å². The van der Waals surface area contributed by atoms with Gasteiger partial charge in [-0.25, -0.2) is 0 Å². The maximum atomic E-state index is 12.6. The summed E-state index contributed by atoms with van der Waals surface area (Å²) >= 11 is 0. The summed E-state index contributed by atoms with van der Waals surface area (Å²) < 4.78 is 5.26. The lowest BCUT2D eigenvalue weighted by molar-refractivity contribution is -0.139. The molecule has 0 unspecified atom stereocenters. The van der Waals surface area contributed by atoms with Crippen molar-refractivity contribution in [3.8, 4) is 0 Å². The number of carbonyl (C=O) groups is 2. The largest absolute Gasteiger partial charge is 0.384 e. The lowest BCUT2D eigenvalue weighted by atomic mass is 9.78. The summed E-state index contributed by atoms with van der Waals surface area (Å²) in [6, 6.07) is 9.79. The van der Waals surface area contributed by atoms with E-state index in [9.17, 15) is 9.59 Å². The fourth-order valence-electron chi connectivity index (χ4n) is 3.04. The Morgan fingerprint density at radius 2 is 1.88 bits per heavy atom. The van der Waals surface area contributed by atoms with Crippen LogP contribution in [0.2, 0.25) is 0 Å². The summed E-state index contributed by atoms with van der Waals surface area (Å²) in [6.07, 6.45) is 1.45. The fraction of sp³-hybridized carbons (Fsp3) is 0.556. The van der Waals surface area contributed by atoms with E-state index in [4.69, 9.17) is 4.74 Å². The van der Waals surface area contributed by atoms with Gasteiger partial charge in [-0.05, 0) is 31.5 Å². The highest BCUT2D eigenvalue weighted by Gasteiger charge is 2.39. The van der Waals surface area contributed by atoms with Gasteiger partial charge in [0.1, 0.15) is 0 Å². The molecule has 2 amide bonds. The highest BCUT2D eigenvalue weighted by molar-refractivity contribution is 5.88. The molecule has 0 bridgehead atoms. The van der Waals surface area contributed by atoms with Gasteiger partial charge in [-0.1, -0.05) is 30.3 Å². The van der Waals surface area contributed by atoms with Crippen molar-refractivity contribution < 1.29 is 14.3 Å². The van der Waals surface area contributed by atoms with Crippen molar-refractivity contribution in [2.24, 2.45) is 5.41 Å². The molecule has 1 fully saturated rings. The van der Waals surface area contributed by atoms with Crippen LogP contribution in [0.4, 0.5) is 0 Å². The van der Waals surface area contributed by atoms with E-state index in [2.05, 4.69) is 10.6 Å². The third kappa shape index (κ3) is 5.99. The van der Waals surface area contributed by atoms with Gasteiger partial charge in [0, 0.05) is 20.7 Å². The SMILES string of the molecule is COCC1(C(=O)NCC(=O)N(C)Cc2ccccc2)CCNCC1.Cl. The van der Waals surface area contributed by atoms with Crippen LogP contribution in [0.15, 0.2) is 30.3 Å². The monoisotopic (exact) mass is 369 g/mol. The quantitative estimate of drug-likeness (QED) is 0.757. The number of benzene rings is 1. The number of amides is 2. The van der Waals surface area contributed by atoms with E-state index in [1.807, 2.05) is 30.3 Å². The third-order valence-electron chi connectivity index (χ3n) is 4.55. The zero-order valence-corrected chi connectivity index (χ0v) is 15.7. The molecule has 1 saturated heterocycles. The number of hydrogen-bond acceptors (Lipinski definition) is 4. The predicted molar refractivity (Wildman–Crippen MR) is 99.6 cm³/mol. The van der Waals surface area contributed by atoms with E-state index in [0.717, 1.165) is 31.5 Å². The van der Waals surface area contributed by atoms with Crippen molar-refractivity contribution in [3.63, 3.8) is 0 Å². The Morgan fingerprint density at radius 1 is 1.24 bits per heavy atom. The number of carbonyl (C=O) groups excluding carboxylic acids is 2. The number of likely N-dealkylation sites (N-methyl/N-ethyl adjacent to an activating group) is 1. The topological polar surface area (TPSA) is 70.7 Å². The summed E-state index contributed by atoms with van der Waals surface area (Å²) in [4.78, 5) is 26.5. The second-order valence-corrected chi connectivity index (χ2v) is 6.38. The molecule has 1 heterocycles. The second-order valence-electron chi connectivity index (χ2n) is 6.38. The molecule has 140 valence electrons. The van der Waals surface area contributed by atoms with Gasteiger partial charge in [-0.3, -0.25) is 9.59 Å². The maximum Gasteiger partial charge on any atom is 0.242 e. The van der Waals surface area contributed by atoms with E-state index in [1.165, 1.54) is 0 Å². The van der Waals surface area contributed by atoms with Gasteiger partial charge in [0.2, 0.25) is 11.8 Å². The molecule has 25 heavy (non-hydrogen) atoms. The number of hydrogen-bond donors (Lipinski definition) is 2. The second kappa shape index (κ2) is 10.4. The Kier molecular flexibility index (Phi) is 8.89. The Morgan fingerprint density at radius 3 is 2.48 bits per heavy atom. The molecule has 1 aromatic rings. The van der Waals surface area contributed by atoms with Gasteiger partial charge in [0.05, 0.1) is 18.6 Å². The van der Waals surface area contributed by atoms with Crippen LogP contribution in [0.1, 0.15) is 18.4 Å². The lowest BCUT2D eigenvalue weighted by Crippen LogP contribution is -2.51. The van der Waals surface area contributed by atoms with Gasteiger partial charge in [0.25, 0.3) is 0 Å². The van der Waals surface area contributed by atoms with Gasteiger partial charge >= 0.3 is 0 Å². The molecule has 0 atom stereocenters. The number of halogens is 1. The number of ether oxygens (including phenoxy) is 1. The molecule has 6 nitrogen and oxygen atoms in total. The summed E-state index contributed by atoms with van der Waals surface area (Å²) in [6.45, 7) is 2.51. The number of nitrogens with zero attached hydrogens (tertiary/aromatic N) is 1. The van der Waals surface area contributed by atoms with E-state index < -0.39 is 5.41 Å². The predicted octanol–water partition coefficient (Wildman–Crippen LogP) is 1.20. The molecule has 1 aliphatic heterocycles. The van der Waals surface area contributed by atoms with Crippen LogP contribution < -0.4 is 10.6 Å². The summed E-state index contributed by atoms with van der Waals surface area (Å²) in [5.41, 5.74) is 0.534. The smallest absolute Gasteiger partial charge is 0.242 e. The fourth-order valence-corrected chi connectivity index (χ4v) is 3.04. The molecule has 2 rings (SSSR count). The zero-order valence-electron chi connectivity index (χ0n) is 14.9. The molecule has 0 aliphatic carbocycles. The average Bonchev–Trinajstić information content (AvgIpc) is 2.61. The highest BCUT2D eigenvalue weighted by atomic mass is 35.5. The molecule has 2 N–H and O–H groups in total. The van der Waals surface area contributed by atoms with Crippen molar-refractivity contribution in [2.45, 2.75) is 19.4 Å². The molecule has 0 saturated carbocycles. The van der Waals surface area contributed by atoms with Gasteiger partial charge in [0.15, 0.2) is 0 Å². The summed E-state index contributed by atoms with van der Waals surface area (Å²) in [5, 5.41) is 6.06. The van der Waals surface area contributed by atoms with Gasteiger partial charge < -0.3 is 20.3 Å². The minimum atomic E-state index is -0.529. The van der Waals surface area contributed by atoms with Crippen LogP contribution in [0.25, 0.3) is 0 Å². The van der Waals surface area contributed by atoms with E-state index >= 15 is 0 Å². The Labute approximate surface area is 155 Å². The first kappa shape index (κ1) is 21.4. The normalized spacial score (nSPS) is 15.8. The van der Waals surface area contributed by atoms with E-state index in [0.29, 0.717) is 13.2 Å². The first-order valence-electron chi connectivity index (χ1n) is 8.33. The number of piperidine rings is 1. The van der Waals surface area contributed by atoms with Crippen LogP contribution >= 0.6 is 12.4 Å². The third-order valence-corrected chi connectivity index (χ3v) is 4.55. The van der Waals surface area contributed by atoms with Crippen LogP contribution in [0.3, 0.4) is 0 Å². The van der Waals surface area contributed by atoms with Crippen LogP contribution in [-0.2, 0) is 20.9 Å². The number of nitrogens with one attached hydrogen (secondary N) is 2. The highest BCUT2D eigenvalue weighted by Crippen LogP contribution is 2.29. The first-order chi connectivity index (χ1) is 11.6. The van der Waals surface area contributed by atoms with Crippen LogP contribution in [0.5, 0.6) is 0 Å². The molecule has 0 radical (unpaired) electrons. The summed E-state index contributed by atoms with van der Waals surface area (Å²) in [5.74, 6) is -0.194. The number of rotatable bonds is 7. The standard InChI is InChI=1S/C18H27N3O3.ClH/c1-21(13-15-6-4-3-5-7-15)16(22)12-20-17(23)18(14-24-2)8-10-19-11-9-18;/h3-7,19H,8-14H2,1-2H3,(H,20,23);1H. The van der Waals surface area contributed by atoms with Crippen LogP contribution in [0, 0.1) is 5.41 Å². The van der Waals surface area contributed by atoms with Crippen molar-refractivity contribution in [1.29, 1.82) is 0 Å². The summed E-state index contributed by atoms with van der Waals surface area (Å²) in [7, 11) is 3.35. The van der Waals surface area contributed by atoms with Crippen molar-refractivity contribution >= 4 is 24.2 Å². The maximum absolute atomic E-state index is 12.6. The Bertz CT molecular complexity index is 542. The first-order valence-corrected chi connectivity index (χ1v) is 8.33. The molecule has 1 aliphatic rings. The van der Waals surface area contributed by atoms with Crippen molar-refractivity contribution in [2.75, 3.05) is 40.4 Å². The average molecular weight is 370 g/mol. The van der Waals surface area contributed by atoms with Crippen LogP contribution in [-0.4, -0.2) is 57.1 Å². The van der Waals surface area contributed by atoms with Gasteiger partial charge in [-0.15, -0.1) is 12.4 Å². The molecule has 0 spiro atoms. The zero-order chi connectivity index (χ0) is 17.4. The molecule has 0 aromatic heterocycles. The van der Waals surface area contributed by atoms with Gasteiger partial charge in [-0.2, -0.15) is 0 Å². The molecule has 1 aromatic carbocycles. The molecule has 7 heteroatoms. The molecular weight excluding hydrogens is 342 g/mol. The Balaban J connectivity index is 0.00000312. The molecular formula is C18H28ClN3O3. The van der Waals surface area contributed by atoms with Crippen molar-refractivity contribution in [3.05, 3.63) is 35.9 Å². The van der Waals surface area contributed by atoms with E-state index in [-0.39, 0.29) is 30.8 Å². The number of methoxy groups -OCH3 is 1. The minimum absolute atomic E-state index is 0.